The maximum absolute atomic E-state index is 5.97. The SMILES string of the molecule is COc1ccc2nc(C3=N[C@]4(CN5CCC4CC5)ON3)sc2c1. The molecule has 3 saturated heterocycles. The fourth-order valence-electron chi connectivity index (χ4n) is 3.83. The van der Waals surface area contributed by atoms with Crippen molar-refractivity contribution >= 4 is 27.4 Å². The first-order valence-corrected chi connectivity index (χ1v) is 8.79. The number of amidine groups is 1. The van der Waals surface area contributed by atoms with Crippen LogP contribution in [0.4, 0.5) is 0 Å². The van der Waals surface area contributed by atoms with Gasteiger partial charge < -0.3 is 4.74 Å². The summed E-state index contributed by atoms with van der Waals surface area (Å²) in [5, 5.41) is 0.876. The molecular formula is C16H18N4O2S. The van der Waals surface area contributed by atoms with Crippen molar-refractivity contribution in [2.45, 2.75) is 18.6 Å². The minimum atomic E-state index is -0.415. The van der Waals surface area contributed by atoms with Gasteiger partial charge in [0.25, 0.3) is 0 Å². The Balaban J connectivity index is 1.51. The molecule has 0 aliphatic carbocycles. The molecule has 1 atom stereocenters. The van der Waals surface area contributed by atoms with Gasteiger partial charge in [-0.3, -0.25) is 4.90 Å². The molecule has 1 aromatic heterocycles. The number of methoxy groups -OCH3 is 1. The van der Waals surface area contributed by atoms with Gasteiger partial charge in [0.2, 0.25) is 5.72 Å². The molecule has 2 aromatic rings. The van der Waals surface area contributed by atoms with Crippen LogP contribution in [-0.2, 0) is 4.84 Å². The second-order valence-electron chi connectivity index (χ2n) is 6.41. The zero-order valence-electron chi connectivity index (χ0n) is 12.9. The molecule has 1 spiro atoms. The fourth-order valence-corrected chi connectivity index (χ4v) is 4.76. The number of ether oxygens (including phenoxy) is 1. The van der Waals surface area contributed by atoms with Gasteiger partial charge in [-0.1, -0.05) is 0 Å². The van der Waals surface area contributed by atoms with Crippen LogP contribution < -0.4 is 10.2 Å². The van der Waals surface area contributed by atoms with Crippen molar-refractivity contribution in [3.63, 3.8) is 0 Å². The third-order valence-corrected chi connectivity index (χ3v) is 6.12. The lowest BCUT2D eigenvalue weighted by atomic mass is 9.81. The van der Waals surface area contributed by atoms with Crippen LogP contribution >= 0.6 is 11.3 Å². The lowest BCUT2D eigenvalue weighted by Crippen LogP contribution is -2.58. The van der Waals surface area contributed by atoms with Crippen LogP contribution in [-0.4, -0.2) is 48.2 Å². The molecule has 0 radical (unpaired) electrons. The molecule has 4 aliphatic rings. The Morgan fingerprint density at radius 3 is 3.00 bits per heavy atom. The summed E-state index contributed by atoms with van der Waals surface area (Å²) in [4.78, 5) is 18.0. The summed E-state index contributed by atoms with van der Waals surface area (Å²) in [7, 11) is 1.68. The van der Waals surface area contributed by atoms with Gasteiger partial charge in [-0.05, 0) is 44.1 Å². The number of aromatic nitrogens is 1. The molecular weight excluding hydrogens is 312 g/mol. The van der Waals surface area contributed by atoms with E-state index < -0.39 is 5.72 Å². The van der Waals surface area contributed by atoms with Crippen LogP contribution in [0.5, 0.6) is 5.75 Å². The Bertz CT molecular complexity index is 796. The highest BCUT2D eigenvalue weighted by Crippen LogP contribution is 2.41. The number of thiazole rings is 1. The summed E-state index contributed by atoms with van der Waals surface area (Å²) in [6.07, 6.45) is 2.32. The van der Waals surface area contributed by atoms with Gasteiger partial charge >= 0.3 is 0 Å². The average Bonchev–Trinajstić information content (AvgIpc) is 3.19. The van der Waals surface area contributed by atoms with Crippen molar-refractivity contribution in [1.29, 1.82) is 0 Å². The van der Waals surface area contributed by atoms with Crippen LogP contribution in [0.3, 0.4) is 0 Å². The highest BCUT2D eigenvalue weighted by molar-refractivity contribution is 7.20. The number of fused-ring (bicyclic) bond motifs is 3. The first-order valence-electron chi connectivity index (χ1n) is 7.97. The van der Waals surface area contributed by atoms with E-state index in [1.165, 1.54) is 13.1 Å². The van der Waals surface area contributed by atoms with E-state index in [0.717, 1.165) is 46.2 Å². The van der Waals surface area contributed by atoms with Gasteiger partial charge in [-0.15, -0.1) is 11.3 Å². The van der Waals surface area contributed by atoms with Gasteiger partial charge in [0, 0.05) is 5.92 Å². The Morgan fingerprint density at radius 2 is 2.26 bits per heavy atom. The number of piperidine rings is 3. The van der Waals surface area contributed by atoms with Crippen molar-refractivity contribution in [1.82, 2.24) is 15.4 Å². The lowest BCUT2D eigenvalue weighted by molar-refractivity contribution is -0.155. The van der Waals surface area contributed by atoms with Crippen LogP contribution in [0.25, 0.3) is 10.2 Å². The van der Waals surface area contributed by atoms with E-state index in [4.69, 9.17) is 14.6 Å². The molecule has 6 nitrogen and oxygen atoms in total. The molecule has 1 aromatic carbocycles. The van der Waals surface area contributed by atoms with Crippen molar-refractivity contribution in [2.75, 3.05) is 26.7 Å². The molecule has 0 amide bonds. The maximum Gasteiger partial charge on any atom is 0.202 e. The number of nitrogens with zero attached hydrogens (tertiary/aromatic N) is 3. The minimum absolute atomic E-state index is 0.415. The molecule has 120 valence electrons. The quantitative estimate of drug-likeness (QED) is 0.913. The molecule has 4 aliphatic heterocycles. The van der Waals surface area contributed by atoms with Crippen molar-refractivity contribution in [3.8, 4) is 5.75 Å². The van der Waals surface area contributed by atoms with E-state index in [2.05, 4.69) is 15.4 Å². The third-order valence-electron chi connectivity index (χ3n) is 5.10. The predicted octanol–water partition coefficient (Wildman–Crippen LogP) is 2.01. The monoisotopic (exact) mass is 330 g/mol. The zero-order chi connectivity index (χ0) is 15.4. The number of hydroxylamine groups is 1. The zero-order valence-corrected chi connectivity index (χ0v) is 13.7. The number of aliphatic imine (C=N–C) groups is 1. The van der Waals surface area contributed by atoms with E-state index in [9.17, 15) is 0 Å². The summed E-state index contributed by atoms with van der Waals surface area (Å²) >= 11 is 1.61. The second kappa shape index (κ2) is 4.90. The topological polar surface area (TPSA) is 59.0 Å². The Hall–Kier alpha value is -1.70. The van der Waals surface area contributed by atoms with Crippen LogP contribution in [0.1, 0.15) is 17.8 Å². The van der Waals surface area contributed by atoms with Crippen LogP contribution in [0, 0.1) is 5.92 Å². The smallest absolute Gasteiger partial charge is 0.202 e. The number of rotatable bonds is 2. The Kier molecular flexibility index (Phi) is 2.92. The van der Waals surface area contributed by atoms with E-state index in [1.54, 1.807) is 18.4 Å². The van der Waals surface area contributed by atoms with E-state index in [1.807, 2.05) is 18.2 Å². The first-order chi connectivity index (χ1) is 11.3. The minimum Gasteiger partial charge on any atom is -0.497 e. The molecule has 2 bridgehead atoms. The molecule has 6 rings (SSSR count). The van der Waals surface area contributed by atoms with E-state index in [-0.39, 0.29) is 0 Å². The highest BCUT2D eigenvalue weighted by atomic mass is 32.1. The standard InChI is InChI=1S/C16H18N4O2S/c1-21-11-2-3-12-13(8-11)23-15(17-12)14-18-16(22-19-14)9-20-6-4-10(16)5-7-20/h2-3,8,10H,4-7,9H2,1H3,(H,18,19)/t16-/m1/s1. The molecule has 23 heavy (non-hydrogen) atoms. The van der Waals surface area contributed by atoms with Crippen molar-refractivity contribution in [3.05, 3.63) is 23.2 Å². The van der Waals surface area contributed by atoms with Crippen LogP contribution in [0.2, 0.25) is 0 Å². The fraction of sp³-hybridized carbons (Fsp3) is 0.500. The summed E-state index contributed by atoms with van der Waals surface area (Å²) in [6.45, 7) is 3.22. The molecule has 3 fully saturated rings. The highest BCUT2D eigenvalue weighted by Gasteiger charge is 2.51. The second-order valence-corrected chi connectivity index (χ2v) is 7.44. The predicted molar refractivity (Wildman–Crippen MR) is 88.8 cm³/mol. The first kappa shape index (κ1) is 13.7. The molecule has 1 N–H and O–H groups in total. The van der Waals surface area contributed by atoms with Crippen molar-refractivity contribution in [2.24, 2.45) is 10.9 Å². The largest absolute Gasteiger partial charge is 0.497 e. The molecule has 0 saturated carbocycles. The maximum atomic E-state index is 5.97. The normalized spacial score (nSPS) is 32.3. The Labute approximate surface area is 138 Å². The third kappa shape index (κ3) is 2.07. The number of nitrogens with one attached hydrogen (secondary N) is 1. The van der Waals surface area contributed by atoms with Gasteiger partial charge in [-0.25, -0.2) is 20.3 Å². The average molecular weight is 330 g/mol. The van der Waals surface area contributed by atoms with E-state index >= 15 is 0 Å². The van der Waals surface area contributed by atoms with E-state index in [0.29, 0.717) is 5.92 Å². The summed E-state index contributed by atoms with van der Waals surface area (Å²) in [5.74, 6) is 2.12. The molecule has 7 heteroatoms. The van der Waals surface area contributed by atoms with Gasteiger partial charge in [0.15, 0.2) is 10.8 Å². The molecule has 0 unspecified atom stereocenters. The Morgan fingerprint density at radius 1 is 1.39 bits per heavy atom. The number of hydrogen-bond donors (Lipinski definition) is 1. The number of benzene rings is 1. The van der Waals surface area contributed by atoms with Gasteiger partial charge in [0.1, 0.15) is 5.75 Å². The van der Waals surface area contributed by atoms with Crippen molar-refractivity contribution < 1.29 is 9.57 Å². The number of hydrogen-bond acceptors (Lipinski definition) is 7. The van der Waals surface area contributed by atoms with Crippen LogP contribution in [0.15, 0.2) is 23.2 Å². The van der Waals surface area contributed by atoms with Gasteiger partial charge in [0.05, 0.1) is 23.9 Å². The lowest BCUT2D eigenvalue weighted by Gasteiger charge is -2.47. The molecule has 5 heterocycles. The summed E-state index contributed by atoms with van der Waals surface area (Å²) in [5.41, 5.74) is 3.60. The summed E-state index contributed by atoms with van der Waals surface area (Å²) in [6, 6.07) is 5.92. The summed E-state index contributed by atoms with van der Waals surface area (Å²) < 4.78 is 6.38. The van der Waals surface area contributed by atoms with Gasteiger partial charge in [-0.2, -0.15) is 0 Å².